The number of nitrogens with one attached hydrogen (secondary N) is 1. The fourth-order valence-electron chi connectivity index (χ4n) is 4.54. The van der Waals surface area contributed by atoms with Crippen molar-refractivity contribution in [2.75, 3.05) is 18.5 Å². The Hall–Kier alpha value is -1.71. The zero-order valence-corrected chi connectivity index (χ0v) is 16.5. The highest BCUT2D eigenvalue weighted by Crippen LogP contribution is 2.42. The van der Waals surface area contributed by atoms with Crippen LogP contribution in [0.3, 0.4) is 0 Å². The minimum atomic E-state index is -3.76. The molecule has 2 N–H and O–H groups in total. The van der Waals surface area contributed by atoms with Crippen LogP contribution < -0.4 is 9.62 Å². The molecule has 0 radical (unpaired) electrons. The Labute approximate surface area is 159 Å². The fraction of sp³-hybridized carbons (Fsp3) is 0.667. The van der Waals surface area contributed by atoms with Gasteiger partial charge >= 0.3 is 0 Å². The topological polar surface area (TPSA) is 113 Å². The number of sulfonamides is 1. The van der Waals surface area contributed by atoms with E-state index in [1.54, 1.807) is 0 Å². The normalized spacial score (nSPS) is 29.1. The first-order valence-electron chi connectivity index (χ1n) is 9.41. The van der Waals surface area contributed by atoms with Crippen molar-refractivity contribution < 1.29 is 18.4 Å². The van der Waals surface area contributed by atoms with Crippen LogP contribution in [0.5, 0.6) is 0 Å². The second kappa shape index (κ2) is 7.73. The van der Waals surface area contributed by atoms with Crippen LogP contribution in [0.25, 0.3) is 0 Å². The van der Waals surface area contributed by atoms with Crippen molar-refractivity contribution in [2.24, 2.45) is 11.8 Å². The van der Waals surface area contributed by atoms with Crippen molar-refractivity contribution in [3.8, 4) is 0 Å². The standard InChI is InChI=1S/C18H27N3O5S/c1-12-5-8-18(22)14(10-12)15-4-3-9-20(15)16-7-6-13(27(25,26)19-2)11-17(16)21(23)24/h6-7,11-12,14-15,18-19,22H,3-5,8-10H2,1-2H3/t12-,14+,15-,18+/m1/s1. The third-order valence-corrected chi connectivity index (χ3v) is 7.36. The summed E-state index contributed by atoms with van der Waals surface area (Å²) in [5.41, 5.74) is 0.222. The summed E-state index contributed by atoms with van der Waals surface area (Å²) in [6, 6.07) is 4.09. The lowest BCUT2D eigenvalue weighted by Gasteiger charge is -2.40. The van der Waals surface area contributed by atoms with Crippen LogP contribution in [0.2, 0.25) is 0 Å². The monoisotopic (exact) mass is 397 g/mol. The molecule has 2 aliphatic rings. The largest absolute Gasteiger partial charge is 0.393 e. The van der Waals surface area contributed by atoms with Gasteiger partial charge in [0.1, 0.15) is 5.69 Å². The summed E-state index contributed by atoms with van der Waals surface area (Å²) in [6.07, 6.45) is 4.05. The zero-order valence-electron chi connectivity index (χ0n) is 15.7. The van der Waals surface area contributed by atoms with E-state index in [2.05, 4.69) is 11.6 Å². The summed E-state index contributed by atoms with van der Waals surface area (Å²) < 4.78 is 26.2. The van der Waals surface area contributed by atoms with Crippen LogP contribution >= 0.6 is 0 Å². The van der Waals surface area contributed by atoms with Gasteiger partial charge in [-0.2, -0.15) is 0 Å². The highest BCUT2D eigenvalue weighted by Gasteiger charge is 2.40. The first kappa shape index (κ1) is 20.0. The first-order valence-corrected chi connectivity index (χ1v) is 10.9. The van der Waals surface area contributed by atoms with Crippen molar-refractivity contribution in [1.82, 2.24) is 4.72 Å². The molecular weight excluding hydrogens is 370 g/mol. The second-order valence-electron chi connectivity index (χ2n) is 7.67. The molecule has 2 fully saturated rings. The van der Waals surface area contributed by atoms with Crippen LogP contribution in [0.4, 0.5) is 11.4 Å². The molecule has 150 valence electrons. The van der Waals surface area contributed by atoms with Gasteiger partial charge in [0.2, 0.25) is 10.0 Å². The van der Waals surface area contributed by atoms with E-state index >= 15 is 0 Å². The van der Waals surface area contributed by atoms with Gasteiger partial charge in [0.25, 0.3) is 5.69 Å². The molecule has 0 spiro atoms. The van der Waals surface area contributed by atoms with Gasteiger partial charge < -0.3 is 10.0 Å². The molecule has 1 aromatic rings. The first-order chi connectivity index (χ1) is 12.7. The molecule has 1 saturated heterocycles. The van der Waals surface area contributed by atoms with Gasteiger partial charge in [-0.15, -0.1) is 0 Å². The van der Waals surface area contributed by atoms with Crippen LogP contribution in [-0.2, 0) is 10.0 Å². The Morgan fingerprint density at radius 1 is 1.30 bits per heavy atom. The maximum atomic E-state index is 12.0. The number of benzene rings is 1. The lowest BCUT2D eigenvalue weighted by atomic mass is 9.76. The Balaban J connectivity index is 1.98. The van der Waals surface area contributed by atoms with E-state index in [1.165, 1.54) is 19.2 Å². The van der Waals surface area contributed by atoms with E-state index < -0.39 is 21.1 Å². The predicted octanol–water partition coefficient (Wildman–Crippen LogP) is 2.27. The number of rotatable bonds is 5. The van der Waals surface area contributed by atoms with E-state index in [4.69, 9.17) is 0 Å². The predicted molar refractivity (Wildman–Crippen MR) is 102 cm³/mol. The number of aliphatic hydroxyl groups is 1. The number of hydrogen-bond acceptors (Lipinski definition) is 6. The fourth-order valence-corrected chi connectivity index (χ4v) is 5.29. The van der Waals surface area contributed by atoms with Crippen molar-refractivity contribution in [1.29, 1.82) is 0 Å². The highest BCUT2D eigenvalue weighted by atomic mass is 32.2. The summed E-state index contributed by atoms with van der Waals surface area (Å²) in [6.45, 7) is 2.85. The molecule has 8 nitrogen and oxygen atoms in total. The minimum absolute atomic E-state index is 0.0354. The highest BCUT2D eigenvalue weighted by molar-refractivity contribution is 7.89. The number of nitro groups is 1. The number of nitrogens with zero attached hydrogens (tertiary/aromatic N) is 2. The number of hydrogen-bond donors (Lipinski definition) is 2. The van der Waals surface area contributed by atoms with Crippen LogP contribution in [0, 0.1) is 22.0 Å². The molecule has 3 rings (SSSR count). The smallest absolute Gasteiger partial charge is 0.293 e. The van der Waals surface area contributed by atoms with Gasteiger partial charge in [0.15, 0.2) is 0 Å². The Kier molecular flexibility index (Phi) is 5.73. The molecule has 1 aliphatic heterocycles. The van der Waals surface area contributed by atoms with Gasteiger partial charge in [0.05, 0.1) is 15.9 Å². The maximum Gasteiger partial charge on any atom is 0.293 e. The number of anilines is 1. The summed E-state index contributed by atoms with van der Waals surface area (Å²) in [4.78, 5) is 13.0. The quantitative estimate of drug-likeness (QED) is 0.582. The summed E-state index contributed by atoms with van der Waals surface area (Å²) in [5, 5.41) is 22.2. The molecule has 4 atom stereocenters. The molecule has 1 aromatic carbocycles. The van der Waals surface area contributed by atoms with Gasteiger partial charge in [-0.05, 0) is 57.2 Å². The maximum absolute atomic E-state index is 12.0. The molecule has 27 heavy (non-hydrogen) atoms. The van der Waals surface area contributed by atoms with Crippen molar-refractivity contribution in [2.45, 2.75) is 56.1 Å². The third kappa shape index (κ3) is 3.95. The zero-order chi connectivity index (χ0) is 19.8. The molecule has 0 unspecified atom stereocenters. The van der Waals surface area contributed by atoms with E-state index in [9.17, 15) is 23.6 Å². The molecule has 0 amide bonds. The van der Waals surface area contributed by atoms with Gasteiger partial charge in [0, 0.05) is 24.6 Å². The van der Waals surface area contributed by atoms with Crippen LogP contribution in [0.15, 0.2) is 23.1 Å². The third-order valence-electron chi connectivity index (χ3n) is 5.95. The average Bonchev–Trinajstić information content (AvgIpc) is 3.12. The number of nitro benzene ring substituents is 1. The average molecular weight is 397 g/mol. The number of aliphatic hydroxyl groups excluding tert-OH is 1. The second-order valence-corrected chi connectivity index (χ2v) is 9.55. The molecule has 9 heteroatoms. The Morgan fingerprint density at radius 2 is 2.04 bits per heavy atom. The van der Waals surface area contributed by atoms with Crippen molar-refractivity contribution in [3.05, 3.63) is 28.3 Å². The summed E-state index contributed by atoms with van der Waals surface area (Å²) in [5.74, 6) is 0.607. The van der Waals surface area contributed by atoms with E-state index in [-0.39, 0.29) is 22.5 Å². The SMILES string of the molecule is CNS(=O)(=O)c1ccc(N2CCC[C@@H]2[C@@H]2C[C@H](C)CC[C@@H]2O)c([N+](=O)[O-])c1. The van der Waals surface area contributed by atoms with E-state index in [0.717, 1.165) is 38.2 Å². The Morgan fingerprint density at radius 3 is 2.70 bits per heavy atom. The van der Waals surface area contributed by atoms with Crippen LogP contribution in [-0.4, -0.2) is 44.2 Å². The molecule has 0 aromatic heterocycles. The van der Waals surface area contributed by atoms with Gasteiger partial charge in [-0.3, -0.25) is 10.1 Å². The molecule has 1 heterocycles. The lowest BCUT2D eigenvalue weighted by Crippen LogP contribution is -2.44. The Bertz CT molecular complexity index is 813. The molecule has 1 saturated carbocycles. The minimum Gasteiger partial charge on any atom is -0.393 e. The van der Waals surface area contributed by atoms with Crippen molar-refractivity contribution in [3.63, 3.8) is 0 Å². The molecular formula is C18H27N3O5S. The summed E-state index contributed by atoms with van der Waals surface area (Å²) >= 11 is 0. The van der Waals surface area contributed by atoms with Gasteiger partial charge in [-0.1, -0.05) is 6.92 Å². The molecule has 0 bridgehead atoms. The van der Waals surface area contributed by atoms with E-state index in [0.29, 0.717) is 18.2 Å². The molecule has 1 aliphatic carbocycles. The van der Waals surface area contributed by atoms with Crippen molar-refractivity contribution >= 4 is 21.4 Å². The summed E-state index contributed by atoms with van der Waals surface area (Å²) in [7, 11) is -2.48. The van der Waals surface area contributed by atoms with E-state index in [1.807, 2.05) is 4.90 Å². The lowest BCUT2D eigenvalue weighted by molar-refractivity contribution is -0.384. The van der Waals surface area contributed by atoms with Gasteiger partial charge in [-0.25, -0.2) is 13.1 Å². The van der Waals surface area contributed by atoms with Crippen LogP contribution in [0.1, 0.15) is 39.0 Å².